The van der Waals surface area contributed by atoms with Gasteiger partial charge in [-0.1, -0.05) is 0 Å². The molecule has 2 N–H and O–H groups in total. The molecule has 0 aromatic carbocycles. The predicted molar refractivity (Wildman–Crippen MR) is 72.7 cm³/mol. The number of carboxylic acids is 1. The first-order valence-corrected chi connectivity index (χ1v) is 7.22. The van der Waals surface area contributed by atoms with Gasteiger partial charge in [0.1, 0.15) is 5.92 Å². The zero-order valence-electron chi connectivity index (χ0n) is 11.1. The summed E-state index contributed by atoms with van der Waals surface area (Å²) >= 11 is 1.51. The van der Waals surface area contributed by atoms with E-state index in [4.69, 9.17) is 9.84 Å². The average Bonchev–Trinajstić information content (AvgIpc) is 3.08. The second-order valence-electron chi connectivity index (χ2n) is 4.62. The molecule has 0 saturated carbocycles. The Labute approximate surface area is 120 Å². The number of aliphatic carboxylic acids is 1. The van der Waals surface area contributed by atoms with Crippen molar-refractivity contribution in [3.8, 4) is 0 Å². The summed E-state index contributed by atoms with van der Waals surface area (Å²) in [6.07, 6.45) is 0.659. The Hall–Kier alpha value is -1.67. The Bertz CT molecular complexity index is 465. The van der Waals surface area contributed by atoms with E-state index >= 15 is 0 Å². The number of carbonyl (C=O) groups excluding carboxylic acids is 1. The number of likely N-dealkylation sites (N-methyl/N-ethyl adjacent to an activating group) is 1. The van der Waals surface area contributed by atoms with Crippen LogP contribution in [0.4, 0.5) is 4.79 Å². The van der Waals surface area contributed by atoms with Crippen molar-refractivity contribution < 1.29 is 19.4 Å². The molecule has 1 fully saturated rings. The molecule has 0 spiro atoms. The summed E-state index contributed by atoms with van der Waals surface area (Å²) in [7, 11) is 1.59. The van der Waals surface area contributed by atoms with Crippen LogP contribution in [0.5, 0.6) is 0 Å². The maximum absolute atomic E-state index is 12.0. The lowest BCUT2D eigenvalue weighted by molar-refractivity contribution is -0.142. The number of nitrogens with one attached hydrogen (secondary N) is 1. The van der Waals surface area contributed by atoms with Gasteiger partial charge in [-0.15, -0.1) is 11.3 Å². The number of rotatable bonds is 5. The molecular formula is C12H17N3O4S. The third kappa shape index (κ3) is 3.45. The lowest BCUT2D eigenvalue weighted by Crippen LogP contribution is -2.48. The van der Waals surface area contributed by atoms with Crippen LogP contribution < -0.4 is 5.32 Å². The van der Waals surface area contributed by atoms with E-state index in [-0.39, 0.29) is 19.2 Å². The van der Waals surface area contributed by atoms with Crippen LogP contribution in [0.15, 0.2) is 10.9 Å². The van der Waals surface area contributed by atoms with Gasteiger partial charge in [0.05, 0.1) is 30.5 Å². The zero-order chi connectivity index (χ0) is 14.5. The molecule has 0 bridgehead atoms. The third-order valence-corrected chi connectivity index (χ3v) is 3.96. The van der Waals surface area contributed by atoms with Crippen molar-refractivity contribution in [3.63, 3.8) is 0 Å². The summed E-state index contributed by atoms with van der Waals surface area (Å²) in [4.78, 5) is 28.6. The molecule has 0 aliphatic carbocycles. The topological polar surface area (TPSA) is 91.8 Å². The molecule has 1 aliphatic heterocycles. The van der Waals surface area contributed by atoms with E-state index in [0.29, 0.717) is 13.0 Å². The number of ether oxygens (including phenoxy) is 1. The van der Waals surface area contributed by atoms with Crippen LogP contribution in [0.25, 0.3) is 0 Å². The summed E-state index contributed by atoms with van der Waals surface area (Å²) in [5.41, 5.74) is 2.68. The van der Waals surface area contributed by atoms with Crippen molar-refractivity contribution in [1.29, 1.82) is 0 Å². The molecule has 2 rings (SSSR count). The summed E-state index contributed by atoms with van der Waals surface area (Å²) in [5, 5.41) is 13.8. The molecular weight excluding hydrogens is 282 g/mol. The number of hydrogen-bond donors (Lipinski definition) is 2. The first-order valence-electron chi connectivity index (χ1n) is 6.28. The number of hydrogen-bond acceptors (Lipinski definition) is 5. The van der Waals surface area contributed by atoms with Gasteiger partial charge in [0.25, 0.3) is 0 Å². The standard InChI is InChI=1S/C12H17N3O4S/c1-15(10-5-19-4-9(10)11(16)17)12(18)13-3-2-8-6-20-7-14-8/h6-7,9-10H,2-5H2,1H3,(H,13,18)(H,16,17). The first-order chi connectivity index (χ1) is 9.59. The summed E-state index contributed by atoms with van der Waals surface area (Å²) in [6.45, 7) is 0.877. The number of nitrogens with zero attached hydrogens (tertiary/aromatic N) is 2. The third-order valence-electron chi connectivity index (χ3n) is 3.33. The number of urea groups is 1. The van der Waals surface area contributed by atoms with Gasteiger partial charge in [-0.25, -0.2) is 9.78 Å². The van der Waals surface area contributed by atoms with Crippen molar-refractivity contribution in [1.82, 2.24) is 15.2 Å². The van der Waals surface area contributed by atoms with E-state index in [1.165, 1.54) is 16.2 Å². The number of carboxylic acid groups (broad SMARTS) is 1. The minimum atomic E-state index is -0.936. The Morgan fingerprint density at radius 1 is 1.60 bits per heavy atom. The highest BCUT2D eigenvalue weighted by molar-refractivity contribution is 7.07. The summed E-state index contributed by atoms with van der Waals surface area (Å²) in [5.74, 6) is -1.60. The number of amides is 2. The predicted octanol–water partition coefficient (Wildman–Crippen LogP) is 0.427. The van der Waals surface area contributed by atoms with Crippen molar-refractivity contribution >= 4 is 23.3 Å². The molecule has 2 heterocycles. The number of aromatic nitrogens is 1. The minimum absolute atomic E-state index is 0.149. The normalized spacial score (nSPS) is 21.6. The SMILES string of the molecule is CN(C(=O)NCCc1cscn1)C1COCC1C(=O)O. The van der Waals surface area contributed by atoms with Gasteiger partial charge in [0, 0.05) is 25.4 Å². The quantitative estimate of drug-likeness (QED) is 0.822. The highest BCUT2D eigenvalue weighted by atomic mass is 32.1. The molecule has 2 amide bonds. The number of thiazole rings is 1. The molecule has 2 unspecified atom stereocenters. The Morgan fingerprint density at radius 2 is 2.40 bits per heavy atom. The van der Waals surface area contributed by atoms with Crippen LogP contribution in [-0.2, 0) is 16.0 Å². The molecule has 1 saturated heterocycles. The van der Waals surface area contributed by atoms with Gasteiger partial charge >= 0.3 is 12.0 Å². The van der Waals surface area contributed by atoms with Gasteiger partial charge < -0.3 is 20.1 Å². The van der Waals surface area contributed by atoms with Crippen LogP contribution in [0, 0.1) is 5.92 Å². The molecule has 1 aliphatic rings. The van der Waals surface area contributed by atoms with Gasteiger partial charge in [-0.2, -0.15) is 0 Å². The lowest BCUT2D eigenvalue weighted by Gasteiger charge is -2.26. The fourth-order valence-corrected chi connectivity index (χ4v) is 2.69. The van der Waals surface area contributed by atoms with Gasteiger partial charge in [-0.05, 0) is 0 Å². The lowest BCUT2D eigenvalue weighted by atomic mass is 10.0. The van der Waals surface area contributed by atoms with E-state index in [1.54, 1.807) is 12.6 Å². The van der Waals surface area contributed by atoms with E-state index in [1.807, 2.05) is 5.38 Å². The molecule has 2 atom stereocenters. The Morgan fingerprint density at radius 3 is 3.05 bits per heavy atom. The molecule has 20 heavy (non-hydrogen) atoms. The maximum atomic E-state index is 12.0. The van der Waals surface area contributed by atoms with Crippen molar-refractivity contribution in [3.05, 3.63) is 16.6 Å². The van der Waals surface area contributed by atoms with Crippen LogP contribution in [0.2, 0.25) is 0 Å². The Kier molecular flexibility index (Phi) is 4.91. The molecule has 1 aromatic rings. The van der Waals surface area contributed by atoms with Crippen LogP contribution in [0.1, 0.15) is 5.69 Å². The van der Waals surface area contributed by atoms with E-state index in [9.17, 15) is 9.59 Å². The van der Waals surface area contributed by atoms with Crippen molar-refractivity contribution in [2.75, 3.05) is 26.8 Å². The highest BCUT2D eigenvalue weighted by Gasteiger charge is 2.38. The van der Waals surface area contributed by atoms with Gasteiger partial charge in [0.2, 0.25) is 0 Å². The molecule has 7 nitrogen and oxygen atoms in total. The van der Waals surface area contributed by atoms with Crippen LogP contribution >= 0.6 is 11.3 Å². The minimum Gasteiger partial charge on any atom is -0.481 e. The first kappa shape index (κ1) is 14.7. The van der Waals surface area contributed by atoms with Crippen molar-refractivity contribution in [2.24, 2.45) is 5.92 Å². The molecule has 110 valence electrons. The summed E-state index contributed by atoms with van der Waals surface area (Å²) < 4.78 is 5.15. The van der Waals surface area contributed by atoms with E-state index in [2.05, 4.69) is 10.3 Å². The molecule has 0 radical (unpaired) electrons. The van der Waals surface area contributed by atoms with E-state index < -0.39 is 17.9 Å². The second-order valence-corrected chi connectivity index (χ2v) is 5.34. The van der Waals surface area contributed by atoms with Gasteiger partial charge in [-0.3, -0.25) is 4.79 Å². The second kappa shape index (κ2) is 6.67. The maximum Gasteiger partial charge on any atom is 0.317 e. The van der Waals surface area contributed by atoms with Gasteiger partial charge in [0.15, 0.2) is 0 Å². The number of carbonyl (C=O) groups is 2. The van der Waals surface area contributed by atoms with Crippen molar-refractivity contribution in [2.45, 2.75) is 12.5 Å². The zero-order valence-corrected chi connectivity index (χ0v) is 11.9. The molecule has 1 aromatic heterocycles. The average molecular weight is 299 g/mol. The Balaban J connectivity index is 1.80. The fourth-order valence-electron chi connectivity index (χ4n) is 2.09. The summed E-state index contributed by atoms with van der Waals surface area (Å²) in [6, 6.07) is -0.714. The van der Waals surface area contributed by atoms with E-state index in [0.717, 1.165) is 5.69 Å². The van der Waals surface area contributed by atoms with Crippen LogP contribution in [-0.4, -0.2) is 59.8 Å². The highest BCUT2D eigenvalue weighted by Crippen LogP contribution is 2.18. The largest absolute Gasteiger partial charge is 0.481 e. The smallest absolute Gasteiger partial charge is 0.317 e. The van der Waals surface area contributed by atoms with Crippen LogP contribution in [0.3, 0.4) is 0 Å². The monoisotopic (exact) mass is 299 g/mol. The molecule has 8 heteroatoms. The fraction of sp³-hybridized carbons (Fsp3) is 0.583.